The number of ether oxygens (including phenoxy) is 1. The van der Waals surface area contributed by atoms with Gasteiger partial charge < -0.3 is 14.5 Å². The minimum absolute atomic E-state index is 0.0473. The molecular formula is C18H24N4O3. The van der Waals surface area contributed by atoms with Gasteiger partial charge in [0.15, 0.2) is 0 Å². The molecule has 1 unspecified atom stereocenters. The summed E-state index contributed by atoms with van der Waals surface area (Å²) < 4.78 is 5.47. The molecule has 3 heterocycles. The molecule has 0 N–H and O–H groups in total. The number of carbonyl (C=O) groups excluding carboxylic acids is 2. The standard InChI is InChI=1S/C18H24N4O3/c23-17(14-9-19-12-20-10-14)21-6-3-16(11-21)22(18(24)13-1-2-13)15-4-7-25-8-5-15/h9-10,12-13,15-16H,1-8,11H2. The Kier molecular flexibility index (Phi) is 4.65. The van der Waals surface area contributed by atoms with Gasteiger partial charge in [-0.3, -0.25) is 9.59 Å². The summed E-state index contributed by atoms with van der Waals surface area (Å²) in [5, 5.41) is 0. The van der Waals surface area contributed by atoms with Crippen molar-refractivity contribution in [1.82, 2.24) is 19.8 Å². The lowest BCUT2D eigenvalue weighted by Gasteiger charge is -2.38. The third-order valence-electron chi connectivity index (χ3n) is 5.42. The lowest BCUT2D eigenvalue weighted by Crippen LogP contribution is -2.51. The van der Waals surface area contributed by atoms with Crippen LogP contribution in [0.4, 0.5) is 0 Å². The van der Waals surface area contributed by atoms with Gasteiger partial charge in [0.25, 0.3) is 5.91 Å². The molecule has 3 aliphatic rings. The SMILES string of the molecule is O=C(c1cncnc1)N1CCC(N(C(=O)C2CC2)C2CCOCC2)C1. The first-order chi connectivity index (χ1) is 12.2. The molecule has 1 aromatic heterocycles. The van der Waals surface area contributed by atoms with Crippen molar-refractivity contribution < 1.29 is 14.3 Å². The van der Waals surface area contributed by atoms with Gasteiger partial charge in [-0.1, -0.05) is 0 Å². The van der Waals surface area contributed by atoms with Crippen LogP contribution >= 0.6 is 0 Å². The number of amides is 2. The zero-order valence-corrected chi connectivity index (χ0v) is 14.3. The first kappa shape index (κ1) is 16.4. The third-order valence-corrected chi connectivity index (χ3v) is 5.42. The Balaban J connectivity index is 1.47. The predicted molar refractivity (Wildman–Crippen MR) is 89.8 cm³/mol. The summed E-state index contributed by atoms with van der Waals surface area (Å²) in [6.07, 6.45) is 9.18. The maximum absolute atomic E-state index is 12.9. The molecular weight excluding hydrogens is 320 g/mol. The van der Waals surface area contributed by atoms with Crippen molar-refractivity contribution in [1.29, 1.82) is 0 Å². The van der Waals surface area contributed by atoms with E-state index in [9.17, 15) is 9.59 Å². The lowest BCUT2D eigenvalue weighted by atomic mass is 10.0. The maximum atomic E-state index is 12.9. The van der Waals surface area contributed by atoms with Crippen LogP contribution in [-0.2, 0) is 9.53 Å². The third kappa shape index (κ3) is 3.51. The van der Waals surface area contributed by atoms with Crippen molar-refractivity contribution in [3.63, 3.8) is 0 Å². The van der Waals surface area contributed by atoms with Gasteiger partial charge in [-0.25, -0.2) is 9.97 Å². The Morgan fingerprint density at radius 3 is 2.44 bits per heavy atom. The summed E-state index contributed by atoms with van der Waals surface area (Å²) in [6, 6.07) is 0.367. The fraction of sp³-hybridized carbons (Fsp3) is 0.667. The van der Waals surface area contributed by atoms with E-state index in [-0.39, 0.29) is 29.8 Å². The lowest BCUT2D eigenvalue weighted by molar-refractivity contribution is -0.139. The first-order valence-electron chi connectivity index (χ1n) is 9.18. The van der Waals surface area contributed by atoms with Crippen LogP contribution in [-0.4, -0.2) is 70.0 Å². The topological polar surface area (TPSA) is 75.6 Å². The molecule has 7 heteroatoms. The highest BCUT2D eigenvalue weighted by atomic mass is 16.5. The zero-order valence-electron chi connectivity index (χ0n) is 14.3. The molecule has 134 valence electrons. The summed E-state index contributed by atoms with van der Waals surface area (Å²) >= 11 is 0. The molecule has 0 spiro atoms. The van der Waals surface area contributed by atoms with Crippen molar-refractivity contribution in [2.45, 2.75) is 44.2 Å². The van der Waals surface area contributed by atoms with Gasteiger partial charge in [0.1, 0.15) is 6.33 Å². The normalized spacial score (nSPS) is 24.3. The second-order valence-electron chi connectivity index (χ2n) is 7.18. The minimum atomic E-state index is -0.0473. The van der Waals surface area contributed by atoms with E-state index in [0.717, 1.165) is 45.3 Å². The van der Waals surface area contributed by atoms with Crippen molar-refractivity contribution in [3.05, 3.63) is 24.3 Å². The number of hydrogen-bond acceptors (Lipinski definition) is 5. The monoisotopic (exact) mass is 344 g/mol. The first-order valence-corrected chi connectivity index (χ1v) is 9.18. The van der Waals surface area contributed by atoms with Crippen molar-refractivity contribution in [2.75, 3.05) is 26.3 Å². The number of hydrogen-bond donors (Lipinski definition) is 0. The van der Waals surface area contributed by atoms with Gasteiger partial charge in [0.2, 0.25) is 5.91 Å². The van der Waals surface area contributed by atoms with Crippen LogP contribution in [0.1, 0.15) is 42.5 Å². The van der Waals surface area contributed by atoms with E-state index < -0.39 is 0 Å². The van der Waals surface area contributed by atoms with E-state index in [4.69, 9.17) is 4.74 Å². The quantitative estimate of drug-likeness (QED) is 0.818. The molecule has 1 saturated carbocycles. The molecule has 1 aromatic rings. The Morgan fingerprint density at radius 2 is 1.76 bits per heavy atom. The molecule has 2 aliphatic heterocycles. The van der Waals surface area contributed by atoms with Gasteiger partial charge in [-0.2, -0.15) is 0 Å². The minimum Gasteiger partial charge on any atom is -0.381 e. The Morgan fingerprint density at radius 1 is 1.04 bits per heavy atom. The number of aromatic nitrogens is 2. The van der Waals surface area contributed by atoms with Crippen molar-refractivity contribution in [2.24, 2.45) is 5.92 Å². The van der Waals surface area contributed by atoms with Crippen LogP contribution in [0.25, 0.3) is 0 Å². The van der Waals surface area contributed by atoms with Crippen LogP contribution in [0.2, 0.25) is 0 Å². The molecule has 0 radical (unpaired) electrons. The van der Waals surface area contributed by atoms with E-state index in [2.05, 4.69) is 14.9 Å². The molecule has 0 aromatic carbocycles. The van der Waals surface area contributed by atoms with Gasteiger partial charge in [0.05, 0.1) is 11.6 Å². The molecule has 2 saturated heterocycles. The fourth-order valence-corrected chi connectivity index (χ4v) is 3.91. The van der Waals surface area contributed by atoms with Crippen molar-refractivity contribution in [3.8, 4) is 0 Å². The second kappa shape index (κ2) is 7.07. The molecule has 4 rings (SSSR count). The van der Waals surface area contributed by atoms with Crippen LogP contribution in [0, 0.1) is 5.92 Å². The number of rotatable bonds is 4. The van der Waals surface area contributed by atoms with E-state index in [1.807, 2.05) is 4.90 Å². The molecule has 0 bridgehead atoms. The summed E-state index contributed by atoms with van der Waals surface area (Å²) in [4.78, 5) is 37.3. The summed E-state index contributed by atoms with van der Waals surface area (Å²) in [5.41, 5.74) is 0.509. The molecule has 25 heavy (non-hydrogen) atoms. The Labute approximate surface area is 147 Å². The highest BCUT2D eigenvalue weighted by molar-refractivity contribution is 5.93. The van der Waals surface area contributed by atoms with E-state index in [1.54, 1.807) is 12.4 Å². The predicted octanol–water partition coefficient (Wildman–Crippen LogP) is 1.11. The largest absolute Gasteiger partial charge is 0.381 e. The summed E-state index contributed by atoms with van der Waals surface area (Å²) in [5.74, 6) is 0.443. The van der Waals surface area contributed by atoms with Crippen LogP contribution in [0.5, 0.6) is 0 Å². The fourth-order valence-electron chi connectivity index (χ4n) is 3.91. The number of carbonyl (C=O) groups is 2. The summed E-state index contributed by atoms with van der Waals surface area (Å²) in [6.45, 7) is 2.71. The van der Waals surface area contributed by atoms with E-state index in [0.29, 0.717) is 18.7 Å². The smallest absolute Gasteiger partial charge is 0.257 e. The van der Waals surface area contributed by atoms with Gasteiger partial charge >= 0.3 is 0 Å². The average molecular weight is 344 g/mol. The van der Waals surface area contributed by atoms with Gasteiger partial charge in [0, 0.05) is 50.7 Å². The van der Waals surface area contributed by atoms with Gasteiger partial charge in [-0.15, -0.1) is 0 Å². The second-order valence-corrected chi connectivity index (χ2v) is 7.18. The van der Waals surface area contributed by atoms with Crippen LogP contribution in [0.3, 0.4) is 0 Å². The number of nitrogens with zero attached hydrogens (tertiary/aromatic N) is 4. The molecule has 1 atom stereocenters. The highest BCUT2D eigenvalue weighted by Crippen LogP contribution is 2.35. The Bertz CT molecular complexity index is 628. The zero-order chi connectivity index (χ0) is 17.2. The summed E-state index contributed by atoms with van der Waals surface area (Å²) in [7, 11) is 0. The van der Waals surface area contributed by atoms with Gasteiger partial charge in [-0.05, 0) is 32.1 Å². The van der Waals surface area contributed by atoms with E-state index in [1.165, 1.54) is 6.33 Å². The Hall–Kier alpha value is -2.02. The van der Waals surface area contributed by atoms with Crippen LogP contribution < -0.4 is 0 Å². The molecule has 7 nitrogen and oxygen atoms in total. The molecule has 1 aliphatic carbocycles. The average Bonchev–Trinajstić information content (AvgIpc) is 3.41. The molecule has 2 amide bonds. The van der Waals surface area contributed by atoms with E-state index >= 15 is 0 Å². The highest BCUT2D eigenvalue weighted by Gasteiger charge is 2.42. The number of likely N-dealkylation sites (tertiary alicyclic amines) is 1. The molecule has 3 fully saturated rings. The van der Waals surface area contributed by atoms with Crippen molar-refractivity contribution >= 4 is 11.8 Å². The maximum Gasteiger partial charge on any atom is 0.257 e. The van der Waals surface area contributed by atoms with Crippen LogP contribution in [0.15, 0.2) is 18.7 Å².